The maximum absolute atomic E-state index is 13.3. The Bertz CT molecular complexity index is 893. The molecule has 0 saturated carbocycles. The summed E-state index contributed by atoms with van der Waals surface area (Å²) in [7, 11) is 0. The maximum atomic E-state index is 13.3. The molecule has 31 heavy (non-hydrogen) atoms. The summed E-state index contributed by atoms with van der Waals surface area (Å²) >= 11 is 0. The van der Waals surface area contributed by atoms with Crippen molar-refractivity contribution in [3.05, 3.63) is 83.2 Å². The number of carbonyl (C=O) groups excluding carboxylic acids is 2. The van der Waals surface area contributed by atoms with E-state index in [-0.39, 0.29) is 30.6 Å². The fourth-order valence-electron chi connectivity index (χ4n) is 3.87. The Hall–Kier alpha value is -2.95. The first kappa shape index (κ1) is 22.7. The van der Waals surface area contributed by atoms with E-state index in [1.807, 2.05) is 30.3 Å². The molecule has 1 atom stereocenters. The molecule has 4 nitrogen and oxygen atoms in total. The molecule has 0 heterocycles. The second-order valence-corrected chi connectivity index (χ2v) is 8.14. The highest BCUT2D eigenvalue weighted by Crippen LogP contribution is 2.19. The number of carbonyl (C=O) groups is 2. The summed E-state index contributed by atoms with van der Waals surface area (Å²) in [5.41, 5.74) is 3.09. The predicted octanol–water partition coefficient (Wildman–Crippen LogP) is 4.79. The predicted molar refractivity (Wildman–Crippen MR) is 121 cm³/mol. The first-order valence-corrected chi connectivity index (χ1v) is 11.1. The Morgan fingerprint density at radius 3 is 2.45 bits per heavy atom. The minimum Gasteiger partial charge on any atom is -0.354 e. The molecule has 5 heteroatoms. The summed E-state index contributed by atoms with van der Waals surface area (Å²) in [6, 6.07) is 14.9. The van der Waals surface area contributed by atoms with E-state index in [1.54, 1.807) is 24.0 Å². The van der Waals surface area contributed by atoms with E-state index in [2.05, 4.69) is 11.4 Å². The molecule has 1 aliphatic carbocycles. The van der Waals surface area contributed by atoms with Crippen molar-refractivity contribution in [3.63, 3.8) is 0 Å². The molecule has 0 saturated heterocycles. The first-order valence-electron chi connectivity index (χ1n) is 11.1. The molecule has 0 aliphatic heterocycles. The van der Waals surface area contributed by atoms with Crippen molar-refractivity contribution in [2.45, 2.75) is 58.0 Å². The van der Waals surface area contributed by atoms with Gasteiger partial charge in [0, 0.05) is 13.1 Å². The minimum atomic E-state index is -0.624. The monoisotopic (exact) mass is 422 g/mol. The van der Waals surface area contributed by atoms with Crippen LogP contribution in [0.15, 0.2) is 66.2 Å². The van der Waals surface area contributed by atoms with E-state index in [1.165, 1.54) is 30.5 Å². The number of nitrogens with zero attached hydrogens (tertiary/aromatic N) is 1. The minimum absolute atomic E-state index is 0.131. The number of halogens is 1. The normalized spacial score (nSPS) is 14.5. The largest absolute Gasteiger partial charge is 0.354 e. The van der Waals surface area contributed by atoms with Crippen molar-refractivity contribution >= 4 is 11.8 Å². The zero-order valence-electron chi connectivity index (χ0n) is 18.1. The second-order valence-electron chi connectivity index (χ2n) is 8.14. The molecular formula is C26H31FN2O2. The topological polar surface area (TPSA) is 49.4 Å². The van der Waals surface area contributed by atoms with Gasteiger partial charge in [-0.3, -0.25) is 9.59 Å². The van der Waals surface area contributed by atoms with Gasteiger partial charge in [-0.05, 0) is 62.3 Å². The number of amides is 2. The van der Waals surface area contributed by atoms with Crippen LogP contribution in [-0.4, -0.2) is 29.3 Å². The van der Waals surface area contributed by atoms with Crippen LogP contribution in [0.3, 0.4) is 0 Å². The molecule has 164 valence electrons. The molecule has 0 spiro atoms. The van der Waals surface area contributed by atoms with Gasteiger partial charge in [0.1, 0.15) is 11.9 Å². The number of benzene rings is 2. The van der Waals surface area contributed by atoms with Crippen molar-refractivity contribution < 1.29 is 14.0 Å². The zero-order valence-corrected chi connectivity index (χ0v) is 18.1. The number of allylic oxidation sites excluding steroid dienone is 1. The van der Waals surface area contributed by atoms with Crippen molar-refractivity contribution in [3.8, 4) is 0 Å². The lowest BCUT2D eigenvalue weighted by atomic mass is 9.97. The summed E-state index contributed by atoms with van der Waals surface area (Å²) in [5, 5.41) is 2.99. The number of hydrogen-bond acceptors (Lipinski definition) is 2. The molecule has 1 aliphatic rings. The van der Waals surface area contributed by atoms with Gasteiger partial charge < -0.3 is 10.2 Å². The fraction of sp³-hybridized carbons (Fsp3) is 0.385. The third kappa shape index (κ3) is 7.06. The zero-order chi connectivity index (χ0) is 22.1. The molecule has 0 radical (unpaired) electrons. The lowest BCUT2D eigenvalue weighted by Crippen LogP contribution is -2.48. The van der Waals surface area contributed by atoms with Crippen molar-refractivity contribution in [2.24, 2.45) is 0 Å². The van der Waals surface area contributed by atoms with E-state index in [0.29, 0.717) is 6.54 Å². The van der Waals surface area contributed by atoms with Crippen molar-refractivity contribution in [1.29, 1.82) is 0 Å². The third-order valence-corrected chi connectivity index (χ3v) is 5.76. The second kappa shape index (κ2) is 11.4. The molecule has 2 aromatic carbocycles. The highest BCUT2D eigenvalue weighted by molar-refractivity contribution is 5.88. The van der Waals surface area contributed by atoms with E-state index in [0.717, 1.165) is 30.4 Å². The molecular weight excluding hydrogens is 391 g/mol. The van der Waals surface area contributed by atoms with E-state index >= 15 is 0 Å². The van der Waals surface area contributed by atoms with Crippen LogP contribution in [0.4, 0.5) is 4.39 Å². The molecule has 0 aromatic heterocycles. The lowest BCUT2D eigenvalue weighted by molar-refractivity contribution is -0.140. The standard InChI is InChI=1S/C26H31FN2O2/c1-20(26(31)28-17-16-21-8-4-2-5-9-21)29(19-23-12-14-24(27)15-13-23)25(30)18-22-10-6-3-7-11-22/h3,6-8,10-15,20H,2,4-5,9,16-19H2,1H3,(H,28,31). The smallest absolute Gasteiger partial charge is 0.242 e. The Morgan fingerprint density at radius 1 is 1.03 bits per heavy atom. The van der Waals surface area contributed by atoms with Crippen LogP contribution in [0.5, 0.6) is 0 Å². The maximum Gasteiger partial charge on any atom is 0.242 e. The highest BCUT2D eigenvalue weighted by Gasteiger charge is 2.26. The van der Waals surface area contributed by atoms with Gasteiger partial charge in [-0.2, -0.15) is 0 Å². The van der Waals surface area contributed by atoms with Gasteiger partial charge in [0.05, 0.1) is 6.42 Å². The molecule has 0 fully saturated rings. The van der Waals surface area contributed by atoms with Crippen LogP contribution in [0, 0.1) is 5.82 Å². The van der Waals surface area contributed by atoms with Gasteiger partial charge in [-0.15, -0.1) is 0 Å². The van der Waals surface area contributed by atoms with Gasteiger partial charge >= 0.3 is 0 Å². The van der Waals surface area contributed by atoms with Gasteiger partial charge in [0.2, 0.25) is 11.8 Å². The fourth-order valence-corrected chi connectivity index (χ4v) is 3.87. The summed E-state index contributed by atoms with van der Waals surface area (Å²) in [6.45, 7) is 2.58. The van der Waals surface area contributed by atoms with E-state index in [9.17, 15) is 14.0 Å². The SMILES string of the molecule is CC(C(=O)NCCC1=CCCCC1)N(Cc1ccc(F)cc1)C(=O)Cc1ccccc1. The van der Waals surface area contributed by atoms with Gasteiger partial charge in [0.15, 0.2) is 0 Å². The van der Waals surface area contributed by atoms with E-state index < -0.39 is 6.04 Å². The van der Waals surface area contributed by atoms with Crippen LogP contribution < -0.4 is 5.32 Å². The average Bonchev–Trinajstić information content (AvgIpc) is 2.79. The number of nitrogens with one attached hydrogen (secondary N) is 1. The summed E-state index contributed by atoms with van der Waals surface area (Å²) < 4.78 is 13.3. The van der Waals surface area contributed by atoms with Crippen LogP contribution in [0.25, 0.3) is 0 Å². The Labute approximate surface area is 184 Å². The van der Waals surface area contributed by atoms with E-state index in [4.69, 9.17) is 0 Å². The van der Waals surface area contributed by atoms with Crippen LogP contribution >= 0.6 is 0 Å². The third-order valence-electron chi connectivity index (χ3n) is 5.76. The molecule has 1 N–H and O–H groups in total. The average molecular weight is 423 g/mol. The van der Waals surface area contributed by atoms with Gasteiger partial charge in [-0.25, -0.2) is 4.39 Å². The van der Waals surface area contributed by atoms with Crippen LogP contribution in [-0.2, 0) is 22.6 Å². The van der Waals surface area contributed by atoms with Crippen molar-refractivity contribution in [2.75, 3.05) is 6.54 Å². The summed E-state index contributed by atoms with van der Waals surface area (Å²) in [5.74, 6) is -0.623. The van der Waals surface area contributed by atoms with Crippen LogP contribution in [0.2, 0.25) is 0 Å². The van der Waals surface area contributed by atoms with Gasteiger partial charge in [-0.1, -0.05) is 54.1 Å². The highest BCUT2D eigenvalue weighted by atomic mass is 19.1. The Morgan fingerprint density at radius 2 is 1.77 bits per heavy atom. The number of hydrogen-bond donors (Lipinski definition) is 1. The quantitative estimate of drug-likeness (QED) is 0.591. The molecule has 0 bridgehead atoms. The van der Waals surface area contributed by atoms with Crippen molar-refractivity contribution in [1.82, 2.24) is 10.2 Å². The first-order chi connectivity index (χ1) is 15.0. The number of rotatable bonds is 9. The molecule has 1 unspecified atom stereocenters. The molecule has 3 rings (SSSR count). The Balaban J connectivity index is 1.65. The van der Waals surface area contributed by atoms with Crippen LogP contribution in [0.1, 0.15) is 50.2 Å². The van der Waals surface area contributed by atoms with Gasteiger partial charge in [0.25, 0.3) is 0 Å². The summed E-state index contributed by atoms with van der Waals surface area (Å²) in [6.07, 6.45) is 8.05. The molecule has 2 amide bonds. The Kier molecular flexibility index (Phi) is 8.39. The lowest BCUT2D eigenvalue weighted by Gasteiger charge is -2.29. The molecule has 2 aromatic rings. The summed E-state index contributed by atoms with van der Waals surface area (Å²) in [4.78, 5) is 27.5.